The third-order valence-corrected chi connectivity index (χ3v) is 2.84. The minimum atomic E-state index is -0.929. The van der Waals surface area contributed by atoms with E-state index in [1.807, 2.05) is 19.0 Å². The van der Waals surface area contributed by atoms with Gasteiger partial charge >= 0.3 is 5.97 Å². The normalized spacial score (nSPS) is 12.0. The van der Waals surface area contributed by atoms with E-state index in [-0.39, 0.29) is 30.8 Å². The summed E-state index contributed by atoms with van der Waals surface area (Å²) in [5.41, 5.74) is 0. The zero-order chi connectivity index (χ0) is 15.5. The summed E-state index contributed by atoms with van der Waals surface area (Å²) in [6, 6.07) is -0.277. The van der Waals surface area contributed by atoms with E-state index in [1.54, 1.807) is 0 Å². The lowest BCUT2D eigenvalue weighted by Gasteiger charge is -2.23. The van der Waals surface area contributed by atoms with Crippen LogP contribution < -0.4 is 10.6 Å². The molecule has 20 heavy (non-hydrogen) atoms. The van der Waals surface area contributed by atoms with Crippen molar-refractivity contribution < 1.29 is 19.5 Å². The van der Waals surface area contributed by atoms with E-state index in [2.05, 4.69) is 10.6 Å². The predicted octanol–water partition coefficient (Wildman–Crippen LogP) is -0.186. The maximum Gasteiger partial charge on any atom is 0.305 e. The number of carboxylic acids is 1. The average Bonchev–Trinajstić information content (AvgIpc) is 2.32. The Bertz CT molecular complexity index is 332. The summed E-state index contributed by atoms with van der Waals surface area (Å²) in [7, 11) is 3.63. The van der Waals surface area contributed by atoms with Crippen LogP contribution in [0.2, 0.25) is 0 Å². The van der Waals surface area contributed by atoms with Gasteiger partial charge in [0.15, 0.2) is 0 Å². The number of amides is 2. The van der Waals surface area contributed by atoms with Crippen molar-refractivity contribution in [2.24, 2.45) is 0 Å². The quantitative estimate of drug-likeness (QED) is 0.294. The molecule has 7 nitrogen and oxygen atoms in total. The highest BCUT2D eigenvalue weighted by Gasteiger charge is 2.19. The first-order valence-corrected chi connectivity index (χ1v) is 6.75. The third-order valence-electron chi connectivity index (χ3n) is 2.84. The maximum absolute atomic E-state index is 11.9. The molecule has 0 fully saturated rings. The van der Waals surface area contributed by atoms with Gasteiger partial charge in [0.2, 0.25) is 11.8 Å². The summed E-state index contributed by atoms with van der Waals surface area (Å²) in [5.74, 6) is -1.14. The lowest BCUT2D eigenvalue weighted by molar-refractivity contribution is -0.137. The molecule has 0 radical (unpaired) electrons. The SMILES string of the molecule is C[13C](=O)N[13CH2]CCCC(C(=O)NCCC(=O)O)[15N]([13CH3])[13CH3]. The van der Waals surface area contributed by atoms with Crippen molar-refractivity contribution in [3.8, 4) is 0 Å². The summed E-state index contributed by atoms with van der Waals surface area (Å²) in [5, 5.41) is 13.9. The number of carboxylic acid groups (broad SMARTS) is 1. The van der Waals surface area contributed by atoms with Crippen molar-refractivity contribution >= 4 is 17.8 Å². The molecule has 0 bridgehead atoms. The lowest BCUT2D eigenvalue weighted by Crippen LogP contribution is -2.44. The molecule has 0 spiro atoms. The van der Waals surface area contributed by atoms with E-state index in [1.165, 1.54) is 6.92 Å². The zero-order valence-electron chi connectivity index (χ0n) is 12.4. The fraction of sp³-hybridized carbons (Fsp3) is 0.769. The fourth-order valence-electron chi connectivity index (χ4n) is 1.76. The van der Waals surface area contributed by atoms with Gasteiger partial charge in [-0.2, -0.15) is 0 Å². The predicted molar refractivity (Wildman–Crippen MR) is 75.3 cm³/mol. The van der Waals surface area contributed by atoms with Gasteiger partial charge in [-0.25, -0.2) is 0 Å². The summed E-state index contributed by atoms with van der Waals surface area (Å²) in [6.45, 7) is 2.22. The number of hydrogen-bond donors (Lipinski definition) is 3. The Balaban J connectivity index is 3.99. The van der Waals surface area contributed by atoms with Crippen molar-refractivity contribution in [1.82, 2.24) is 15.5 Å². The number of aliphatic carboxylic acids is 1. The number of carbonyl (C=O) groups is 3. The summed E-state index contributed by atoms with van der Waals surface area (Å²) < 4.78 is 0. The van der Waals surface area contributed by atoms with Crippen molar-refractivity contribution in [1.29, 1.82) is 0 Å². The van der Waals surface area contributed by atoms with Gasteiger partial charge in [-0.1, -0.05) is 0 Å². The van der Waals surface area contributed by atoms with Crippen LogP contribution in [0.15, 0.2) is 0 Å². The first-order valence-electron chi connectivity index (χ1n) is 6.75. The number of rotatable bonds is 10. The van der Waals surface area contributed by atoms with Crippen LogP contribution in [0.25, 0.3) is 0 Å². The molecule has 0 saturated carbocycles. The lowest BCUT2D eigenvalue weighted by atomic mass is 10.1. The van der Waals surface area contributed by atoms with Crippen molar-refractivity contribution in [3.63, 3.8) is 0 Å². The van der Waals surface area contributed by atoms with Crippen LogP contribution in [0.3, 0.4) is 0 Å². The minimum Gasteiger partial charge on any atom is -0.481 e. The van der Waals surface area contributed by atoms with Crippen LogP contribution in [0.5, 0.6) is 0 Å². The highest BCUT2D eigenvalue weighted by molar-refractivity contribution is 5.82. The molecular formula is C13H25N3O4. The number of likely N-dealkylation sites (N-methyl/N-ethyl adjacent to an activating group) is 1. The Morgan fingerprint density at radius 2 is 1.75 bits per heavy atom. The van der Waals surface area contributed by atoms with Crippen molar-refractivity contribution in [2.45, 2.75) is 38.6 Å². The largest absolute Gasteiger partial charge is 0.481 e. The van der Waals surface area contributed by atoms with Gasteiger partial charge in [0, 0.05) is 20.0 Å². The molecule has 1 atom stereocenters. The van der Waals surface area contributed by atoms with Gasteiger partial charge in [0.05, 0.1) is 12.5 Å². The van der Waals surface area contributed by atoms with Gasteiger partial charge in [0.25, 0.3) is 0 Å². The molecule has 0 aliphatic carbocycles. The number of nitrogens with zero attached hydrogens (tertiary/aromatic N) is 1. The molecule has 0 aromatic heterocycles. The Labute approximate surface area is 119 Å². The standard InChI is InChI=1S/C13H25N3O4/c1-10(17)14-8-5-4-6-11(16(2)3)13(20)15-9-7-12(18)19/h11H,4-9H2,1-3H3,(H,14,17)(H,15,20)(H,18,19)/i2+1,3+1,8+1,10+1,16+1. The second-order valence-corrected chi connectivity index (χ2v) is 4.89. The van der Waals surface area contributed by atoms with E-state index < -0.39 is 5.97 Å². The van der Waals surface area contributed by atoms with Crippen molar-refractivity contribution in [2.75, 3.05) is 27.2 Å². The Hall–Kier alpha value is -1.63. The van der Waals surface area contributed by atoms with Crippen LogP contribution in [-0.4, -0.2) is 61.0 Å². The van der Waals surface area contributed by atoms with Crippen LogP contribution in [-0.2, 0) is 14.4 Å². The molecule has 116 valence electrons. The van der Waals surface area contributed by atoms with E-state index >= 15 is 0 Å². The van der Waals surface area contributed by atoms with E-state index in [0.717, 1.165) is 12.8 Å². The molecular weight excluding hydrogens is 267 g/mol. The van der Waals surface area contributed by atoms with Gasteiger partial charge < -0.3 is 15.7 Å². The second kappa shape index (κ2) is 10.2. The van der Waals surface area contributed by atoms with Crippen LogP contribution in [0, 0.1) is 0 Å². The Morgan fingerprint density at radius 1 is 1.10 bits per heavy atom. The summed E-state index contributed by atoms with van der Waals surface area (Å²) >= 11 is 0. The number of hydrogen-bond acceptors (Lipinski definition) is 4. The monoisotopic (exact) mass is 292 g/mol. The van der Waals surface area contributed by atoms with E-state index in [4.69, 9.17) is 5.11 Å². The second-order valence-electron chi connectivity index (χ2n) is 4.89. The zero-order valence-corrected chi connectivity index (χ0v) is 12.4. The minimum absolute atomic E-state index is 0.0550. The van der Waals surface area contributed by atoms with Crippen LogP contribution in [0.1, 0.15) is 32.6 Å². The molecule has 0 aromatic carbocycles. The molecule has 0 aliphatic rings. The Kier molecular flexibility index (Phi) is 9.36. The highest BCUT2D eigenvalue weighted by Crippen LogP contribution is 2.06. The first kappa shape index (κ1) is 18.4. The molecule has 0 aromatic rings. The molecule has 0 saturated heterocycles. The Morgan fingerprint density at radius 3 is 2.25 bits per heavy atom. The van der Waals surface area contributed by atoms with Crippen LogP contribution >= 0.6 is 0 Å². The molecule has 1 unspecified atom stereocenters. The summed E-state index contributed by atoms with van der Waals surface area (Å²) in [6.07, 6.45) is 2.22. The number of carbonyl (C=O) groups excluding carboxylic acids is 2. The molecule has 0 rings (SSSR count). The van der Waals surface area contributed by atoms with Gasteiger partial charge in [-0.15, -0.1) is 0 Å². The highest BCUT2D eigenvalue weighted by atomic mass is 16.4. The smallest absolute Gasteiger partial charge is 0.305 e. The third kappa shape index (κ3) is 9.32. The van der Waals surface area contributed by atoms with E-state index in [0.29, 0.717) is 13.0 Å². The number of nitrogens with one attached hydrogen (secondary N) is 2. The van der Waals surface area contributed by atoms with Gasteiger partial charge in [-0.3, -0.25) is 19.3 Å². The average molecular weight is 292 g/mol. The van der Waals surface area contributed by atoms with Gasteiger partial charge in [0.1, 0.15) is 0 Å². The van der Waals surface area contributed by atoms with E-state index in [9.17, 15) is 14.4 Å². The van der Waals surface area contributed by atoms with Crippen LogP contribution in [0.4, 0.5) is 0 Å². The fourth-order valence-corrected chi connectivity index (χ4v) is 1.76. The summed E-state index contributed by atoms with van der Waals surface area (Å²) in [4.78, 5) is 34.8. The van der Waals surface area contributed by atoms with Gasteiger partial charge in [-0.05, 0) is 33.4 Å². The molecule has 2 amide bonds. The molecule has 7 heteroatoms. The molecule has 0 heterocycles. The number of unbranched alkanes of at least 4 members (excludes halogenated alkanes) is 1. The van der Waals surface area contributed by atoms with Crippen molar-refractivity contribution in [3.05, 3.63) is 0 Å². The molecule has 0 aliphatic heterocycles. The maximum atomic E-state index is 11.9. The first-order chi connectivity index (χ1) is 9.34. The topological polar surface area (TPSA) is 98.7 Å². The molecule has 3 N–H and O–H groups in total.